The molecule has 0 aliphatic carbocycles. The van der Waals surface area contributed by atoms with Crippen LogP contribution in [0.1, 0.15) is 31.2 Å². The highest BCUT2D eigenvalue weighted by Crippen LogP contribution is 2.20. The molecular formula is C21H34N4O. The van der Waals surface area contributed by atoms with Crippen LogP contribution in [-0.4, -0.2) is 68.7 Å². The molecule has 26 heavy (non-hydrogen) atoms. The lowest BCUT2D eigenvalue weighted by Crippen LogP contribution is -2.49. The van der Waals surface area contributed by atoms with E-state index >= 15 is 0 Å². The molecule has 0 radical (unpaired) electrons. The quantitative estimate of drug-likeness (QED) is 0.627. The van der Waals surface area contributed by atoms with Crippen molar-refractivity contribution in [3.05, 3.63) is 35.9 Å². The molecule has 5 nitrogen and oxygen atoms in total. The number of nitrogens with one attached hydrogen (secondary N) is 1. The van der Waals surface area contributed by atoms with Gasteiger partial charge in [0.1, 0.15) is 0 Å². The second-order valence-corrected chi connectivity index (χ2v) is 7.59. The molecule has 0 bridgehead atoms. The van der Waals surface area contributed by atoms with Gasteiger partial charge in [0.2, 0.25) is 0 Å². The SMILES string of the molecule is CN=C(NCC1CCCCN1Cc1ccccc1)N1CCC(COC)C1. The number of aliphatic imine (C=N–C) groups is 1. The topological polar surface area (TPSA) is 40.1 Å². The van der Waals surface area contributed by atoms with Crippen LogP contribution in [0, 0.1) is 5.92 Å². The number of guanidine groups is 1. The molecule has 2 heterocycles. The first-order valence-corrected chi connectivity index (χ1v) is 10.0. The second kappa shape index (κ2) is 9.93. The van der Waals surface area contributed by atoms with Gasteiger partial charge in [-0.25, -0.2) is 0 Å². The lowest BCUT2D eigenvalue weighted by Gasteiger charge is -2.36. The fourth-order valence-electron chi connectivity index (χ4n) is 4.26. The summed E-state index contributed by atoms with van der Waals surface area (Å²) in [4.78, 5) is 9.55. The van der Waals surface area contributed by atoms with Crippen LogP contribution in [-0.2, 0) is 11.3 Å². The number of hydrogen-bond acceptors (Lipinski definition) is 3. The van der Waals surface area contributed by atoms with Crippen molar-refractivity contribution < 1.29 is 4.74 Å². The maximum atomic E-state index is 5.32. The van der Waals surface area contributed by atoms with Gasteiger partial charge in [-0.3, -0.25) is 9.89 Å². The molecule has 0 aromatic heterocycles. The van der Waals surface area contributed by atoms with Crippen molar-refractivity contribution in [3.63, 3.8) is 0 Å². The second-order valence-electron chi connectivity index (χ2n) is 7.59. The molecule has 2 saturated heterocycles. The van der Waals surface area contributed by atoms with Gasteiger partial charge in [0.25, 0.3) is 0 Å². The van der Waals surface area contributed by atoms with Crippen LogP contribution < -0.4 is 5.32 Å². The van der Waals surface area contributed by atoms with Crippen LogP contribution >= 0.6 is 0 Å². The molecule has 1 N–H and O–H groups in total. The average molecular weight is 359 g/mol. The highest BCUT2D eigenvalue weighted by Gasteiger charge is 2.27. The lowest BCUT2D eigenvalue weighted by atomic mass is 10.0. The smallest absolute Gasteiger partial charge is 0.193 e. The third kappa shape index (κ3) is 5.21. The summed E-state index contributed by atoms with van der Waals surface area (Å²) in [5.74, 6) is 1.68. The highest BCUT2D eigenvalue weighted by atomic mass is 16.5. The number of ether oxygens (including phenoxy) is 1. The third-order valence-corrected chi connectivity index (χ3v) is 5.67. The number of piperidine rings is 1. The minimum Gasteiger partial charge on any atom is -0.384 e. The van der Waals surface area contributed by atoms with Crippen LogP contribution in [0.3, 0.4) is 0 Å². The summed E-state index contributed by atoms with van der Waals surface area (Å²) in [6.45, 7) is 6.19. The number of likely N-dealkylation sites (tertiary alicyclic amines) is 2. The van der Waals surface area contributed by atoms with Gasteiger partial charge in [-0.2, -0.15) is 0 Å². The predicted octanol–water partition coefficient (Wildman–Crippen LogP) is 2.58. The Kier molecular flexibility index (Phi) is 7.32. The molecule has 0 spiro atoms. The third-order valence-electron chi connectivity index (χ3n) is 5.67. The summed E-state index contributed by atoms with van der Waals surface area (Å²) < 4.78 is 5.32. The van der Waals surface area contributed by atoms with E-state index in [1.807, 2.05) is 7.05 Å². The number of rotatable bonds is 6. The van der Waals surface area contributed by atoms with E-state index in [0.717, 1.165) is 38.7 Å². The maximum absolute atomic E-state index is 5.32. The summed E-state index contributed by atoms with van der Waals surface area (Å²) in [5.41, 5.74) is 1.41. The van der Waals surface area contributed by atoms with E-state index in [1.165, 1.54) is 37.8 Å². The van der Waals surface area contributed by atoms with Gasteiger partial charge in [0.05, 0.1) is 6.61 Å². The van der Waals surface area contributed by atoms with Crippen LogP contribution in [0.2, 0.25) is 0 Å². The Balaban J connectivity index is 1.52. The standard InChI is InChI=1S/C21H34N4O/c1-22-21(25-13-11-19(16-25)17-26-2)23-14-20-10-6-7-12-24(20)15-18-8-4-3-5-9-18/h3-5,8-9,19-20H,6-7,10-17H2,1-2H3,(H,22,23). The molecule has 144 valence electrons. The van der Waals surface area contributed by atoms with Gasteiger partial charge >= 0.3 is 0 Å². The van der Waals surface area contributed by atoms with E-state index in [0.29, 0.717) is 12.0 Å². The van der Waals surface area contributed by atoms with E-state index < -0.39 is 0 Å². The molecule has 1 aromatic carbocycles. The van der Waals surface area contributed by atoms with Crippen LogP contribution in [0.25, 0.3) is 0 Å². The first kappa shape index (κ1) is 19.2. The first-order chi connectivity index (χ1) is 12.8. The molecule has 3 rings (SSSR count). The van der Waals surface area contributed by atoms with Crippen molar-refractivity contribution in [3.8, 4) is 0 Å². The summed E-state index contributed by atoms with van der Waals surface area (Å²) in [5, 5.41) is 3.65. The van der Waals surface area contributed by atoms with Crippen LogP contribution in [0.4, 0.5) is 0 Å². The fourth-order valence-corrected chi connectivity index (χ4v) is 4.26. The molecule has 1 aromatic rings. The summed E-state index contributed by atoms with van der Waals surface area (Å²) >= 11 is 0. The van der Waals surface area contributed by atoms with E-state index in [4.69, 9.17) is 4.74 Å². The molecule has 2 aliphatic heterocycles. The zero-order valence-electron chi connectivity index (χ0n) is 16.4. The summed E-state index contributed by atoms with van der Waals surface area (Å²) in [6.07, 6.45) is 5.10. The van der Waals surface area contributed by atoms with Gasteiger partial charge in [-0.05, 0) is 31.4 Å². The van der Waals surface area contributed by atoms with E-state index in [2.05, 4.69) is 50.4 Å². The number of benzene rings is 1. The Hall–Kier alpha value is -1.59. The molecule has 0 saturated carbocycles. The first-order valence-electron chi connectivity index (χ1n) is 10.0. The Morgan fingerprint density at radius 3 is 2.81 bits per heavy atom. The van der Waals surface area contributed by atoms with Crippen molar-refractivity contribution in [2.45, 2.75) is 38.3 Å². The Bertz CT molecular complexity index is 562. The Morgan fingerprint density at radius 2 is 2.04 bits per heavy atom. The lowest BCUT2D eigenvalue weighted by molar-refractivity contribution is 0.140. The van der Waals surface area contributed by atoms with Crippen molar-refractivity contribution in [2.75, 3.05) is 46.9 Å². The van der Waals surface area contributed by atoms with E-state index in [1.54, 1.807) is 7.11 Å². The molecular weight excluding hydrogens is 324 g/mol. The van der Waals surface area contributed by atoms with Crippen molar-refractivity contribution in [1.82, 2.24) is 15.1 Å². The van der Waals surface area contributed by atoms with Crippen molar-refractivity contribution in [2.24, 2.45) is 10.9 Å². The molecule has 5 heteroatoms. The monoisotopic (exact) mass is 358 g/mol. The molecule has 0 amide bonds. The molecule has 2 unspecified atom stereocenters. The Labute approximate surface area is 158 Å². The predicted molar refractivity (Wildman–Crippen MR) is 107 cm³/mol. The van der Waals surface area contributed by atoms with E-state index in [9.17, 15) is 0 Å². The normalized spacial score (nSPS) is 24.8. The van der Waals surface area contributed by atoms with Gasteiger partial charge in [0.15, 0.2) is 5.96 Å². The van der Waals surface area contributed by atoms with Crippen LogP contribution in [0.15, 0.2) is 35.3 Å². The van der Waals surface area contributed by atoms with Gasteiger partial charge in [-0.15, -0.1) is 0 Å². The number of nitrogens with zero attached hydrogens (tertiary/aromatic N) is 3. The van der Waals surface area contributed by atoms with Crippen LogP contribution in [0.5, 0.6) is 0 Å². The number of methoxy groups -OCH3 is 1. The highest BCUT2D eigenvalue weighted by molar-refractivity contribution is 5.80. The van der Waals surface area contributed by atoms with Crippen molar-refractivity contribution >= 4 is 5.96 Å². The summed E-state index contributed by atoms with van der Waals surface area (Å²) in [6, 6.07) is 11.4. The zero-order valence-corrected chi connectivity index (χ0v) is 16.4. The van der Waals surface area contributed by atoms with E-state index in [-0.39, 0.29) is 0 Å². The largest absolute Gasteiger partial charge is 0.384 e. The average Bonchev–Trinajstić information content (AvgIpc) is 3.13. The molecule has 2 fully saturated rings. The van der Waals surface area contributed by atoms with Crippen molar-refractivity contribution in [1.29, 1.82) is 0 Å². The number of hydrogen-bond donors (Lipinski definition) is 1. The maximum Gasteiger partial charge on any atom is 0.193 e. The summed E-state index contributed by atoms with van der Waals surface area (Å²) in [7, 11) is 3.69. The molecule has 2 atom stereocenters. The minimum absolute atomic E-state index is 0.582. The van der Waals surface area contributed by atoms with Gasteiger partial charge in [0, 0.05) is 52.3 Å². The van der Waals surface area contributed by atoms with Gasteiger partial charge in [-0.1, -0.05) is 36.8 Å². The minimum atomic E-state index is 0.582. The fraction of sp³-hybridized carbons (Fsp3) is 0.667. The van der Waals surface area contributed by atoms with Gasteiger partial charge < -0.3 is 15.0 Å². The molecule has 2 aliphatic rings. The Morgan fingerprint density at radius 1 is 1.19 bits per heavy atom. The zero-order chi connectivity index (χ0) is 18.2.